The average Bonchev–Trinajstić information content (AvgIpc) is 3.29. The number of anilines is 1. The van der Waals surface area contributed by atoms with Crippen LogP contribution in [0.2, 0.25) is 0 Å². The van der Waals surface area contributed by atoms with Crippen LogP contribution in [0.4, 0.5) is 5.82 Å². The van der Waals surface area contributed by atoms with E-state index in [0.717, 1.165) is 30.8 Å². The van der Waals surface area contributed by atoms with Crippen LogP contribution in [0.25, 0.3) is 11.5 Å². The number of nitrogens with zero attached hydrogens (tertiary/aromatic N) is 3. The number of nitrogens with one attached hydrogen (secondary N) is 1. The second kappa shape index (κ2) is 8.25. The van der Waals surface area contributed by atoms with Crippen LogP contribution in [-0.4, -0.2) is 29.2 Å². The van der Waals surface area contributed by atoms with Gasteiger partial charge in [0.2, 0.25) is 5.91 Å². The van der Waals surface area contributed by atoms with E-state index < -0.39 is 0 Å². The minimum atomic E-state index is -0.0496. The molecule has 1 N–H and O–H groups in total. The maximum Gasteiger partial charge on any atom is 0.225 e. The lowest BCUT2D eigenvalue weighted by atomic mass is 9.96. The Morgan fingerprint density at radius 2 is 2.00 bits per heavy atom. The fourth-order valence-corrected chi connectivity index (χ4v) is 3.61. The zero-order chi connectivity index (χ0) is 19.3. The van der Waals surface area contributed by atoms with Crippen LogP contribution in [0.5, 0.6) is 0 Å². The molecule has 0 saturated carbocycles. The fraction of sp³-hybridized carbons (Fsp3) is 0.318. The summed E-state index contributed by atoms with van der Waals surface area (Å²) in [5.41, 5.74) is 1.82. The Labute approximate surface area is 164 Å². The third-order valence-electron chi connectivity index (χ3n) is 5.20. The molecule has 6 nitrogen and oxygen atoms in total. The van der Waals surface area contributed by atoms with Gasteiger partial charge in [-0.2, -0.15) is 0 Å². The smallest absolute Gasteiger partial charge is 0.225 e. The molecule has 1 saturated heterocycles. The van der Waals surface area contributed by atoms with E-state index in [0.29, 0.717) is 18.0 Å². The standard InChI is InChI=1S/C22H24N4O2/c1-16(17-7-3-2-4-8-17)23-22(27)18-9-5-13-26(15-18)21-12-11-19(24-25-21)20-10-6-14-28-20/h2-4,6-8,10-12,14,16,18H,5,9,13,15H2,1H3,(H,23,27). The molecule has 1 aliphatic rings. The normalized spacial score (nSPS) is 17.9. The van der Waals surface area contributed by atoms with E-state index in [1.807, 2.05) is 61.5 Å². The van der Waals surface area contributed by atoms with Crippen molar-refractivity contribution in [3.63, 3.8) is 0 Å². The summed E-state index contributed by atoms with van der Waals surface area (Å²) in [6, 6.07) is 17.6. The Balaban J connectivity index is 1.39. The summed E-state index contributed by atoms with van der Waals surface area (Å²) in [7, 11) is 0. The van der Waals surface area contributed by atoms with Gasteiger partial charge in [-0.3, -0.25) is 4.79 Å². The number of amides is 1. The summed E-state index contributed by atoms with van der Waals surface area (Å²) in [6.45, 7) is 3.56. The summed E-state index contributed by atoms with van der Waals surface area (Å²) in [5.74, 6) is 1.54. The predicted molar refractivity (Wildman–Crippen MR) is 108 cm³/mol. The molecule has 2 unspecified atom stereocenters. The maximum absolute atomic E-state index is 12.8. The minimum absolute atomic E-state index is 0.00329. The van der Waals surface area contributed by atoms with Crippen molar-refractivity contribution >= 4 is 11.7 Å². The second-order valence-corrected chi connectivity index (χ2v) is 7.18. The molecule has 2 atom stereocenters. The molecule has 1 fully saturated rings. The van der Waals surface area contributed by atoms with E-state index in [1.165, 1.54) is 0 Å². The Morgan fingerprint density at radius 1 is 1.14 bits per heavy atom. The van der Waals surface area contributed by atoms with Gasteiger partial charge in [0.05, 0.1) is 18.2 Å². The SMILES string of the molecule is CC(NC(=O)C1CCCN(c2ccc(-c3ccco3)nn2)C1)c1ccccc1. The number of rotatable bonds is 5. The van der Waals surface area contributed by atoms with Crippen LogP contribution in [0.1, 0.15) is 31.4 Å². The number of benzene rings is 1. The number of carbonyl (C=O) groups excluding carboxylic acids is 1. The molecule has 144 valence electrons. The number of piperidine rings is 1. The van der Waals surface area contributed by atoms with Crippen LogP contribution in [0.3, 0.4) is 0 Å². The first kappa shape index (κ1) is 18.2. The van der Waals surface area contributed by atoms with Crippen molar-refractivity contribution in [1.82, 2.24) is 15.5 Å². The zero-order valence-electron chi connectivity index (χ0n) is 15.9. The molecule has 0 radical (unpaired) electrons. The summed E-state index contributed by atoms with van der Waals surface area (Å²) in [5, 5.41) is 11.8. The minimum Gasteiger partial charge on any atom is -0.463 e. The van der Waals surface area contributed by atoms with Gasteiger partial charge in [0, 0.05) is 13.1 Å². The summed E-state index contributed by atoms with van der Waals surface area (Å²) >= 11 is 0. The topological polar surface area (TPSA) is 71.3 Å². The maximum atomic E-state index is 12.8. The highest BCUT2D eigenvalue weighted by Gasteiger charge is 2.27. The second-order valence-electron chi connectivity index (χ2n) is 7.18. The molecular formula is C22H24N4O2. The van der Waals surface area contributed by atoms with Crippen LogP contribution in [0, 0.1) is 5.92 Å². The monoisotopic (exact) mass is 376 g/mol. The number of hydrogen-bond acceptors (Lipinski definition) is 5. The van der Waals surface area contributed by atoms with Gasteiger partial charge < -0.3 is 14.6 Å². The zero-order valence-corrected chi connectivity index (χ0v) is 15.9. The number of carbonyl (C=O) groups is 1. The Hall–Kier alpha value is -3.15. The van der Waals surface area contributed by atoms with E-state index in [9.17, 15) is 4.79 Å². The van der Waals surface area contributed by atoms with Gasteiger partial charge in [-0.05, 0) is 49.6 Å². The average molecular weight is 376 g/mol. The molecule has 0 bridgehead atoms. The van der Waals surface area contributed by atoms with E-state index in [4.69, 9.17) is 4.42 Å². The Morgan fingerprint density at radius 3 is 2.71 bits per heavy atom. The van der Waals surface area contributed by atoms with E-state index >= 15 is 0 Å². The third kappa shape index (κ3) is 4.06. The van der Waals surface area contributed by atoms with Crippen molar-refractivity contribution in [3.8, 4) is 11.5 Å². The van der Waals surface area contributed by atoms with Crippen LogP contribution in [0.15, 0.2) is 65.3 Å². The van der Waals surface area contributed by atoms with Crippen molar-refractivity contribution in [2.45, 2.75) is 25.8 Å². The highest BCUT2D eigenvalue weighted by atomic mass is 16.3. The van der Waals surface area contributed by atoms with Crippen LogP contribution >= 0.6 is 0 Å². The Kier molecular flexibility index (Phi) is 5.37. The third-order valence-corrected chi connectivity index (χ3v) is 5.20. The molecule has 28 heavy (non-hydrogen) atoms. The van der Waals surface area contributed by atoms with E-state index in [-0.39, 0.29) is 17.9 Å². The molecule has 1 aliphatic heterocycles. The molecule has 0 spiro atoms. The van der Waals surface area contributed by atoms with E-state index in [1.54, 1.807) is 6.26 Å². The highest BCUT2D eigenvalue weighted by molar-refractivity contribution is 5.80. The molecule has 6 heteroatoms. The summed E-state index contributed by atoms with van der Waals surface area (Å²) in [6.07, 6.45) is 3.47. The first-order valence-corrected chi connectivity index (χ1v) is 9.68. The van der Waals surface area contributed by atoms with Gasteiger partial charge in [-0.15, -0.1) is 10.2 Å². The lowest BCUT2D eigenvalue weighted by Gasteiger charge is -2.33. The number of furan rings is 1. The molecule has 4 rings (SSSR count). The van der Waals surface area contributed by atoms with Crippen LogP contribution < -0.4 is 10.2 Å². The van der Waals surface area contributed by atoms with Gasteiger partial charge >= 0.3 is 0 Å². The van der Waals surface area contributed by atoms with Crippen molar-refractivity contribution in [1.29, 1.82) is 0 Å². The number of aromatic nitrogens is 2. The molecule has 2 aromatic heterocycles. The first-order valence-electron chi connectivity index (χ1n) is 9.68. The lowest BCUT2D eigenvalue weighted by Crippen LogP contribution is -2.44. The fourth-order valence-electron chi connectivity index (χ4n) is 3.61. The quantitative estimate of drug-likeness (QED) is 0.733. The van der Waals surface area contributed by atoms with Gasteiger partial charge in [0.1, 0.15) is 5.69 Å². The summed E-state index contributed by atoms with van der Waals surface area (Å²) < 4.78 is 5.36. The molecule has 1 amide bonds. The lowest BCUT2D eigenvalue weighted by molar-refractivity contribution is -0.125. The van der Waals surface area contributed by atoms with E-state index in [2.05, 4.69) is 20.4 Å². The molecule has 3 aromatic rings. The largest absolute Gasteiger partial charge is 0.463 e. The molecule has 1 aromatic carbocycles. The van der Waals surface area contributed by atoms with Gasteiger partial charge in [-0.1, -0.05) is 30.3 Å². The number of hydrogen-bond donors (Lipinski definition) is 1. The van der Waals surface area contributed by atoms with Crippen molar-refractivity contribution in [2.24, 2.45) is 5.92 Å². The molecule has 0 aliphatic carbocycles. The van der Waals surface area contributed by atoms with Crippen molar-refractivity contribution < 1.29 is 9.21 Å². The van der Waals surface area contributed by atoms with Crippen molar-refractivity contribution in [2.75, 3.05) is 18.0 Å². The first-order chi connectivity index (χ1) is 13.7. The molecular weight excluding hydrogens is 352 g/mol. The highest BCUT2D eigenvalue weighted by Crippen LogP contribution is 2.24. The summed E-state index contributed by atoms with van der Waals surface area (Å²) in [4.78, 5) is 14.9. The van der Waals surface area contributed by atoms with Crippen LogP contribution in [-0.2, 0) is 4.79 Å². The Bertz CT molecular complexity index is 894. The van der Waals surface area contributed by atoms with Gasteiger partial charge in [-0.25, -0.2) is 0 Å². The van der Waals surface area contributed by atoms with Crippen molar-refractivity contribution in [3.05, 3.63) is 66.4 Å². The molecule has 3 heterocycles. The van der Waals surface area contributed by atoms with Gasteiger partial charge in [0.25, 0.3) is 0 Å². The van der Waals surface area contributed by atoms with Gasteiger partial charge in [0.15, 0.2) is 11.6 Å². The predicted octanol–water partition coefficient (Wildman–Crippen LogP) is 3.83.